The Morgan fingerprint density at radius 3 is 2.35 bits per heavy atom. The van der Waals surface area contributed by atoms with Crippen molar-refractivity contribution in [1.82, 2.24) is 0 Å². The molecule has 0 aliphatic rings. The van der Waals surface area contributed by atoms with E-state index in [1.165, 1.54) is 5.56 Å². The van der Waals surface area contributed by atoms with E-state index in [1.807, 2.05) is 54.6 Å². The summed E-state index contributed by atoms with van der Waals surface area (Å²) in [7, 11) is 0. The fraction of sp³-hybridized carbons (Fsp3) is 0.125. The zero-order valence-electron chi connectivity index (χ0n) is 9.73. The molecule has 85 valence electrons. The van der Waals surface area contributed by atoms with Crippen LogP contribution in [0.25, 0.3) is 0 Å². The Labute approximate surface area is 102 Å². The smallest absolute Gasteiger partial charge is 0.193 e. The van der Waals surface area contributed by atoms with Crippen LogP contribution in [0.5, 0.6) is 0 Å². The summed E-state index contributed by atoms with van der Waals surface area (Å²) in [5.74, 6) is 0.0801. The van der Waals surface area contributed by atoms with Gasteiger partial charge in [-0.05, 0) is 24.5 Å². The first-order chi connectivity index (χ1) is 8.31. The van der Waals surface area contributed by atoms with Gasteiger partial charge in [0.25, 0.3) is 0 Å². The monoisotopic (exact) mass is 223 g/mol. The Morgan fingerprint density at radius 2 is 1.65 bits per heavy atom. The highest BCUT2D eigenvalue weighted by Gasteiger charge is 2.08. The molecule has 1 radical (unpaired) electrons. The molecule has 2 aromatic carbocycles. The molecule has 0 unspecified atom stereocenters. The molecule has 2 rings (SSSR count). The number of hydrogen-bond donors (Lipinski definition) is 0. The number of ketones is 1. The first-order valence-electron chi connectivity index (χ1n) is 5.79. The van der Waals surface area contributed by atoms with Crippen molar-refractivity contribution in [2.45, 2.75) is 12.8 Å². The highest BCUT2D eigenvalue weighted by Crippen LogP contribution is 2.12. The van der Waals surface area contributed by atoms with Gasteiger partial charge in [-0.15, -0.1) is 0 Å². The van der Waals surface area contributed by atoms with Crippen LogP contribution in [-0.4, -0.2) is 5.78 Å². The lowest BCUT2D eigenvalue weighted by Crippen LogP contribution is -2.01. The summed E-state index contributed by atoms with van der Waals surface area (Å²) >= 11 is 0. The van der Waals surface area contributed by atoms with Gasteiger partial charge in [-0.1, -0.05) is 55.5 Å². The zero-order valence-corrected chi connectivity index (χ0v) is 9.73. The van der Waals surface area contributed by atoms with Gasteiger partial charge in [0.2, 0.25) is 0 Å². The van der Waals surface area contributed by atoms with Gasteiger partial charge >= 0.3 is 0 Å². The molecule has 0 aliphatic carbocycles. The number of carbonyl (C=O) groups is 1. The summed E-state index contributed by atoms with van der Waals surface area (Å²) in [6.45, 7) is 3.83. The molecule has 0 bridgehead atoms. The van der Waals surface area contributed by atoms with E-state index in [4.69, 9.17) is 0 Å². The van der Waals surface area contributed by atoms with E-state index in [1.54, 1.807) is 0 Å². The van der Waals surface area contributed by atoms with Crippen molar-refractivity contribution in [2.24, 2.45) is 0 Å². The second kappa shape index (κ2) is 5.44. The quantitative estimate of drug-likeness (QED) is 0.722. The summed E-state index contributed by atoms with van der Waals surface area (Å²) < 4.78 is 0. The van der Waals surface area contributed by atoms with Crippen molar-refractivity contribution < 1.29 is 4.79 Å². The normalized spacial score (nSPS) is 10.2. The van der Waals surface area contributed by atoms with Gasteiger partial charge < -0.3 is 0 Å². The van der Waals surface area contributed by atoms with E-state index in [-0.39, 0.29) is 5.78 Å². The standard InChI is InChI=1S/C16H15O/c1-2-7-13-8-6-11-15(12-13)16(17)14-9-4-3-5-10-14/h3-6,8-12H,1-2,7H2. The summed E-state index contributed by atoms with van der Waals surface area (Å²) in [4.78, 5) is 12.2. The molecule has 0 fully saturated rings. The van der Waals surface area contributed by atoms with Gasteiger partial charge in [-0.3, -0.25) is 4.79 Å². The zero-order chi connectivity index (χ0) is 12.1. The molecular weight excluding hydrogens is 208 g/mol. The summed E-state index contributed by atoms with van der Waals surface area (Å²) in [6.07, 6.45) is 1.76. The maximum absolute atomic E-state index is 12.2. The highest BCUT2D eigenvalue weighted by atomic mass is 16.1. The average molecular weight is 223 g/mol. The third-order valence-electron chi connectivity index (χ3n) is 2.69. The molecule has 0 saturated carbocycles. The van der Waals surface area contributed by atoms with E-state index in [0.717, 1.165) is 24.0 Å². The fourth-order valence-electron chi connectivity index (χ4n) is 1.83. The summed E-state index contributed by atoms with van der Waals surface area (Å²) in [6, 6.07) is 17.2. The second-order valence-electron chi connectivity index (χ2n) is 4.00. The van der Waals surface area contributed by atoms with Crippen molar-refractivity contribution in [2.75, 3.05) is 0 Å². The van der Waals surface area contributed by atoms with Gasteiger partial charge in [0.1, 0.15) is 0 Å². The average Bonchev–Trinajstić information content (AvgIpc) is 2.40. The molecule has 0 saturated heterocycles. The lowest BCUT2D eigenvalue weighted by Gasteiger charge is -2.03. The van der Waals surface area contributed by atoms with Crippen molar-refractivity contribution in [3.8, 4) is 0 Å². The van der Waals surface area contributed by atoms with Crippen LogP contribution in [0.4, 0.5) is 0 Å². The topological polar surface area (TPSA) is 17.1 Å². The minimum absolute atomic E-state index is 0.0801. The fourth-order valence-corrected chi connectivity index (χ4v) is 1.83. The molecule has 0 atom stereocenters. The van der Waals surface area contributed by atoms with E-state index in [0.29, 0.717) is 0 Å². The van der Waals surface area contributed by atoms with Crippen molar-refractivity contribution >= 4 is 5.78 Å². The predicted molar refractivity (Wildman–Crippen MR) is 70.0 cm³/mol. The third kappa shape index (κ3) is 2.82. The van der Waals surface area contributed by atoms with Crippen LogP contribution < -0.4 is 0 Å². The van der Waals surface area contributed by atoms with Crippen LogP contribution in [-0.2, 0) is 6.42 Å². The molecule has 1 nitrogen and oxygen atoms in total. The number of aryl methyl sites for hydroxylation is 1. The summed E-state index contributed by atoms with van der Waals surface area (Å²) in [5.41, 5.74) is 2.66. The van der Waals surface area contributed by atoms with Crippen LogP contribution >= 0.6 is 0 Å². The molecule has 0 heterocycles. The molecular formula is C16H15O. The van der Waals surface area contributed by atoms with E-state index in [9.17, 15) is 4.79 Å². The van der Waals surface area contributed by atoms with Crippen LogP contribution in [0.1, 0.15) is 27.9 Å². The molecule has 2 aromatic rings. The van der Waals surface area contributed by atoms with Crippen LogP contribution in [0, 0.1) is 6.92 Å². The molecule has 0 aliphatic heterocycles. The van der Waals surface area contributed by atoms with Crippen molar-refractivity contribution in [1.29, 1.82) is 0 Å². The SMILES string of the molecule is [CH2]CCc1cccc(C(=O)c2ccccc2)c1. The number of benzene rings is 2. The van der Waals surface area contributed by atoms with Crippen LogP contribution in [0.3, 0.4) is 0 Å². The van der Waals surface area contributed by atoms with Gasteiger partial charge in [-0.25, -0.2) is 0 Å². The lowest BCUT2D eigenvalue weighted by molar-refractivity contribution is 0.103. The minimum Gasteiger partial charge on any atom is -0.289 e. The van der Waals surface area contributed by atoms with E-state index >= 15 is 0 Å². The number of hydrogen-bond acceptors (Lipinski definition) is 1. The predicted octanol–water partition coefficient (Wildman–Crippen LogP) is 3.68. The van der Waals surface area contributed by atoms with E-state index < -0.39 is 0 Å². The third-order valence-corrected chi connectivity index (χ3v) is 2.69. The largest absolute Gasteiger partial charge is 0.289 e. The minimum atomic E-state index is 0.0801. The first-order valence-corrected chi connectivity index (χ1v) is 5.79. The molecule has 0 aromatic heterocycles. The Morgan fingerprint density at radius 1 is 0.941 bits per heavy atom. The Balaban J connectivity index is 2.28. The lowest BCUT2D eigenvalue weighted by atomic mass is 10.00. The van der Waals surface area contributed by atoms with Crippen molar-refractivity contribution in [3.05, 3.63) is 78.2 Å². The maximum Gasteiger partial charge on any atom is 0.193 e. The molecule has 0 amide bonds. The number of carbonyl (C=O) groups excluding carboxylic acids is 1. The van der Waals surface area contributed by atoms with E-state index in [2.05, 4.69) is 6.92 Å². The molecule has 17 heavy (non-hydrogen) atoms. The maximum atomic E-state index is 12.2. The Kier molecular flexibility index (Phi) is 3.71. The summed E-state index contributed by atoms with van der Waals surface area (Å²) in [5, 5.41) is 0. The van der Waals surface area contributed by atoms with Gasteiger partial charge in [0, 0.05) is 11.1 Å². The first kappa shape index (κ1) is 11.6. The van der Waals surface area contributed by atoms with Gasteiger partial charge in [-0.2, -0.15) is 0 Å². The molecule has 1 heteroatoms. The molecule has 0 spiro atoms. The van der Waals surface area contributed by atoms with Gasteiger partial charge in [0.05, 0.1) is 0 Å². The van der Waals surface area contributed by atoms with Crippen LogP contribution in [0.2, 0.25) is 0 Å². The van der Waals surface area contributed by atoms with Gasteiger partial charge in [0.15, 0.2) is 5.78 Å². The highest BCUT2D eigenvalue weighted by molar-refractivity contribution is 6.09. The van der Waals surface area contributed by atoms with Crippen molar-refractivity contribution in [3.63, 3.8) is 0 Å². The molecule has 0 N–H and O–H groups in total. The Bertz CT molecular complexity index is 500. The second-order valence-corrected chi connectivity index (χ2v) is 4.00. The number of rotatable bonds is 4. The van der Waals surface area contributed by atoms with Crippen LogP contribution in [0.15, 0.2) is 54.6 Å². The Hall–Kier alpha value is -1.89.